The lowest BCUT2D eigenvalue weighted by atomic mass is 9.96. The van der Waals surface area contributed by atoms with Crippen LogP contribution in [0.5, 0.6) is 0 Å². The van der Waals surface area contributed by atoms with Gasteiger partial charge in [0.2, 0.25) is 5.91 Å². The number of aliphatic hydroxyl groups is 1. The van der Waals surface area contributed by atoms with Crippen molar-refractivity contribution >= 4 is 5.91 Å². The van der Waals surface area contributed by atoms with Crippen molar-refractivity contribution in [3.63, 3.8) is 0 Å². The van der Waals surface area contributed by atoms with Crippen molar-refractivity contribution in [1.82, 2.24) is 20.0 Å². The lowest BCUT2D eigenvalue weighted by molar-refractivity contribution is -0.130. The SMILES string of the molecule is C[C@@H]1CN(C[C@H]2CN(C(=O)CCCc3cn[nH]c3)C[C@H]2CO)C[C@H](C)O1. The van der Waals surface area contributed by atoms with E-state index in [0.29, 0.717) is 18.9 Å². The van der Waals surface area contributed by atoms with Gasteiger partial charge in [0.1, 0.15) is 0 Å². The summed E-state index contributed by atoms with van der Waals surface area (Å²) >= 11 is 0. The number of aromatic nitrogens is 2. The Hall–Kier alpha value is -1.44. The number of hydrogen-bond acceptors (Lipinski definition) is 5. The molecule has 146 valence electrons. The average Bonchev–Trinajstić information content (AvgIpc) is 3.23. The van der Waals surface area contributed by atoms with Gasteiger partial charge >= 0.3 is 0 Å². The first-order valence-corrected chi connectivity index (χ1v) is 9.79. The summed E-state index contributed by atoms with van der Waals surface area (Å²) in [5, 5.41) is 16.5. The zero-order valence-electron chi connectivity index (χ0n) is 15.9. The molecule has 0 aliphatic carbocycles. The van der Waals surface area contributed by atoms with E-state index in [2.05, 4.69) is 28.9 Å². The molecule has 2 N–H and O–H groups in total. The van der Waals surface area contributed by atoms with Gasteiger partial charge in [0.15, 0.2) is 0 Å². The van der Waals surface area contributed by atoms with Gasteiger partial charge in [-0.15, -0.1) is 0 Å². The van der Waals surface area contributed by atoms with Gasteiger partial charge in [-0.05, 0) is 38.2 Å². The molecule has 7 heteroatoms. The Labute approximate surface area is 155 Å². The van der Waals surface area contributed by atoms with E-state index < -0.39 is 0 Å². The zero-order valence-corrected chi connectivity index (χ0v) is 15.9. The third kappa shape index (κ3) is 5.05. The fraction of sp³-hybridized carbons (Fsp3) is 0.789. The van der Waals surface area contributed by atoms with Crippen LogP contribution in [0.4, 0.5) is 0 Å². The molecule has 4 atom stereocenters. The molecule has 3 rings (SSSR count). The minimum absolute atomic E-state index is 0.152. The first-order chi connectivity index (χ1) is 12.5. The van der Waals surface area contributed by atoms with Gasteiger partial charge in [-0.3, -0.25) is 14.8 Å². The highest BCUT2D eigenvalue weighted by Crippen LogP contribution is 2.26. The van der Waals surface area contributed by atoms with Crippen molar-refractivity contribution in [2.24, 2.45) is 11.8 Å². The number of amides is 1. The zero-order chi connectivity index (χ0) is 18.5. The minimum atomic E-state index is 0.152. The number of aryl methyl sites for hydroxylation is 1. The van der Waals surface area contributed by atoms with Crippen molar-refractivity contribution in [1.29, 1.82) is 0 Å². The third-order valence-corrected chi connectivity index (χ3v) is 5.56. The first-order valence-electron chi connectivity index (χ1n) is 9.79. The van der Waals surface area contributed by atoms with Gasteiger partial charge < -0.3 is 14.7 Å². The van der Waals surface area contributed by atoms with Crippen molar-refractivity contribution in [3.05, 3.63) is 18.0 Å². The Morgan fingerprint density at radius 1 is 1.27 bits per heavy atom. The highest BCUT2D eigenvalue weighted by Gasteiger charge is 2.36. The lowest BCUT2D eigenvalue weighted by Crippen LogP contribution is -2.48. The summed E-state index contributed by atoms with van der Waals surface area (Å²) in [7, 11) is 0. The summed E-state index contributed by atoms with van der Waals surface area (Å²) < 4.78 is 5.81. The molecular formula is C19H32N4O3. The average molecular weight is 364 g/mol. The van der Waals surface area contributed by atoms with Crippen LogP contribution in [0.3, 0.4) is 0 Å². The van der Waals surface area contributed by atoms with E-state index in [-0.39, 0.29) is 30.6 Å². The Bertz CT molecular complexity index is 555. The molecule has 1 aromatic heterocycles. The molecule has 2 fully saturated rings. The predicted molar refractivity (Wildman–Crippen MR) is 98.6 cm³/mol. The molecule has 1 aromatic rings. The molecule has 2 aliphatic heterocycles. The minimum Gasteiger partial charge on any atom is -0.396 e. The van der Waals surface area contributed by atoms with Crippen LogP contribution in [-0.2, 0) is 16.0 Å². The lowest BCUT2D eigenvalue weighted by Gasteiger charge is -2.37. The summed E-state index contributed by atoms with van der Waals surface area (Å²) in [6.07, 6.45) is 6.43. The molecule has 0 radical (unpaired) electrons. The van der Waals surface area contributed by atoms with E-state index in [4.69, 9.17) is 4.74 Å². The Morgan fingerprint density at radius 2 is 2.00 bits per heavy atom. The van der Waals surface area contributed by atoms with Gasteiger partial charge in [-0.2, -0.15) is 5.10 Å². The maximum Gasteiger partial charge on any atom is 0.222 e. The van der Waals surface area contributed by atoms with E-state index in [0.717, 1.165) is 44.6 Å². The van der Waals surface area contributed by atoms with Crippen LogP contribution in [-0.4, -0.2) is 82.5 Å². The molecule has 7 nitrogen and oxygen atoms in total. The first kappa shape index (κ1) is 19.3. The number of carbonyl (C=O) groups excluding carboxylic acids is 1. The van der Waals surface area contributed by atoms with Crippen LogP contribution in [0.1, 0.15) is 32.3 Å². The van der Waals surface area contributed by atoms with E-state index in [9.17, 15) is 9.90 Å². The number of carbonyl (C=O) groups is 1. The van der Waals surface area contributed by atoms with Gasteiger partial charge in [0.05, 0.1) is 18.4 Å². The van der Waals surface area contributed by atoms with Crippen molar-refractivity contribution in [2.75, 3.05) is 39.3 Å². The molecule has 0 aromatic carbocycles. The number of nitrogens with zero attached hydrogens (tertiary/aromatic N) is 3. The second-order valence-electron chi connectivity index (χ2n) is 7.94. The van der Waals surface area contributed by atoms with Crippen LogP contribution in [0.25, 0.3) is 0 Å². The molecular weight excluding hydrogens is 332 g/mol. The largest absolute Gasteiger partial charge is 0.396 e. The molecule has 2 aliphatic rings. The van der Waals surface area contributed by atoms with Crippen LogP contribution in [0.2, 0.25) is 0 Å². The number of hydrogen-bond donors (Lipinski definition) is 2. The van der Waals surface area contributed by atoms with Crippen molar-refractivity contribution in [2.45, 2.75) is 45.3 Å². The number of H-pyrrole nitrogens is 1. The standard InChI is InChI=1S/C19H32N4O3/c1-14-8-22(9-15(2)26-14)10-17-11-23(12-18(17)13-24)19(25)5-3-4-16-6-20-21-7-16/h6-7,14-15,17-18,24H,3-5,8-13H2,1-2H3,(H,20,21)/t14-,15+,17-,18-/m0/s1. The van der Waals surface area contributed by atoms with Gasteiger partial charge in [-0.25, -0.2) is 0 Å². The maximum atomic E-state index is 12.6. The number of likely N-dealkylation sites (tertiary alicyclic amines) is 1. The number of nitrogens with one attached hydrogen (secondary N) is 1. The van der Waals surface area contributed by atoms with Crippen LogP contribution >= 0.6 is 0 Å². The fourth-order valence-corrected chi connectivity index (χ4v) is 4.34. The summed E-state index contributed by atoms with van der Waals surface area (Å²) in [4.78, 5) is 16.9. The molecule has 0 unspecified atom stereocenters. The summed E-state index contributed by atoms with van der Waals surface area (Å²) in [5.74, 6) is 0.731. The molecule has 3 heterocycles. The van der Waals surface area contributed by atoms with E-state index in [1.807, 2.05) is 17.3 Å². The quantitative estimate of drug-likeness (QED) is 0.752. The van der Waals surface area contributed by atoms with Crippen molar-refractivity contribution < 1.29 is 14.6 Å². The highest BCUT2D eigenvalue weighted by atomic mass is 16.5. The second kappa shape index (κ2) is 8.97. The van der Waals surface area contributed by atoms with Gasteiger partial charge in [0.25, 0.3) is 0 Å². The molecule has 2 saturated heterocycles. The Morgan fingerprint density at radius 3 is 2.65 bits per heavy atom. The predicted octanol–water partition coefficient (Wildman–Crippen LogP) is 0.909. The number of rotatable bonds is 7. The normalized spacial score (nSPS) is 30.0. The van der Waals surface area contributed by atoms with Gasteiger partial charge in [0, 0.05) is 57.9 Å². The fourth-order valence-electron chi connectivity index (χ4n) is 4.34. The van der Waals surface area contributed by atoms with E-state index >= 15 is 0 Å². The number of morpholine rings is 1. The van der Waals surface area contributed by atoms with Crippen LogP contribution < -0.4 is 0 Å². The summed E-state index contributed by atoms with van der Waals surface area (Å²) in [5.41, 5.74) is 1.14. The Balaban J connectivity index is 1.47. The number of ether oxygens (including phenoxy) is 1. The number of aromatic amines is 1. The molecule has 0 bridgehead atoms. The van der Waals surface area contributed by atoms with E-state index in [1.165, 1.54) is 0 Å². The van der Waals surface area contributed by atoms with E-state index in [1.54, 1.807) is 0 Å². The molecule has 26 heavy (non-hydrogen) atoms. The van der Waals surface area contributed by atoms with Crippen LogP contribution in [0, 0.1) is 11.8 Å². The topological polar surface area (TPSA) is 81.7 Å². The van der Waals surface area contributed by atoms with Crippen LogP contribution in [0.15, 0.2) is 12.4 Å². The summed E-state index contributed by atoms with van der Waals surface area (Å²) in [6, 6.07) is 0. The molecule has 1 amide bonds. The maximum absolute atomic E-state index is 12.6. The summed E-state index contributed by atoms with van der Waals surface area (Å²) in [6.45, 7) is 8.60. The highest BCUT2D eigenvalue weighted by molar-refractivity contribution is 5.76. The number of aliphatic hydroxyl groups excluding tert-OH is 1. The monoisotopic (exact) mass is 364 g/mol. The smallest absolute Gasteiger partial charge is 0.222 e. The molecule has 0 spiro atoms. The Kier molecular flexibility index (Phi) is 6.67. The van der Waals surface area contributed by atoms with Gasteiger partial charge in [-0.1, -0.05) is 0 Å². The molecule has 0 saturated carbocycles. The second-order valence-corrected chi connectivity index (χ2v) is 7.94. The van der Waals surface area contributed by atoms with Crippen molar-refractivity contribution in [3.8, 4) is 0 Å². The third-order valence-electron chi connectivity index (χ3n) is 5.56.